The van der Waals surface area contributed by atoms with Crippen molar-refractivity contribution >= 4 is 0 Å². The van der Waals surface area contributed by atoms with Crippen LogP contribution < -0.4 is 4.74 Å². The van der Waals surface area contributed by atoms with Gasteiger partial charge in [-0.15, -0.1) is 0 Å². The summed E-state index contributed by atoms with van der Waals surface area (Å²) in [7, 11) is 0. The van der Waals surface area contributed by atoms with Crippen LogP contribution in [0.4, 0.5) is 0 Å². The van der Waals surface area contributed by atoms with Gasteiger partial charge in [0.2, 0.25) is 0 Å². The van der Waals surface area contributed by atoms with E-state index in [0.717, 1.165) is 11.1 Å². The quantitative estimate of drug-likeness (QED) is 0.811. The van der Waals surface area contributed by atoms with Crippen LogP contribution in [0.5, 0.6) is 11.5 Å². The van der Waals surface area contributed by atoms with Gasteiger partial charge in [0, 0.05) is 0 Å². The lowest BCUT2D eigenvalue weighted by atomic mass is 10.1. The van der Waals surface area contributed by atoms with Gasteiger partial charge in [0.15, 0.2) is 0 Å². The SMILES string of the molecule is Cc1cc(C#N)cc(C)c1Oc1ccccc1C#N. The van der Waals surface area contributed by atoms with E-state index < -0.39 is 0 Å². The first-order chi connectivity index (χ1) is 9.15. The van der Waals surface area contributed by atoms with Crippen LogP contribution >= 0.6 is 0 Å². The highest BCUT2D eigenvalue weighted by Crippen LogP contribution is 2.31. The third-order valence-corrected chi connectivity index (χ3v) is 2.81. The van der Waals surface area contributed by atoms with E-state index in [9.17, 15) is 0 Å². The van der Waals surface area contributed by atoms with E-state index in [1.807, 2.05) is 19.9 Å². The minimum absolute atomic E-state index is 0.491. The number of aryl methyl sites for hydroxylation is 2. The normalized spacial score (nSPS) is 9.47. The zero-order valence-corrected chi connectivity index (χ0v) is 10.8. The second-order valence-corrected chi connectivity index (χ2v) is 4.26. The maximum absolute atomic E-state index is 9.04. The summed E-state index contributed by atoms with van der Waals surface area (Å²) in [5, 5.41) is 18.0. The van der Waals surface area contributed by atoms with Crippen molar-refractivity contribution in [2.24, 2.45) is 0 Å². The third kappa shape index (κ3) is 2.56. The minimum Gasteiger partial charge on any atom is -0.455 e. The van der Waals surface area contributed by atoms with Crippen LogP contribution in [0.25, 0.3) is 0 Å². The average molecular weight is 248 g/mol. The highest BCUT2D eigenvalue weighted by atomic mass is 16.5. The van der Waals surface area contributed by atoms with E-state index in [2.05, 4.69) is 12.1 Å². The molecule has 0 fully saturated rings. The van der Waals surface area contributed by atoms with Crippen LogP contribution in [0.2, 0.25) is 0 Å². The summed E-state index contributed by atoms with van der Waals surface area (Å²) in [6.07, 6.45) is 0. The minimum atomic E-state index is 0.491. The van der Waals surface area contributed by atoms with Crippen LogP contribution in [-0.2, 0) is 0 Å². The number of rotatable bonds is 2. The van der Waals surface area contributed by atoms with Gasteiger partial charge in [0.1, 0.15) is 17.6 Å². The number of ether oxygens (including phenoxy) is 1. The molecule has 0 amide bonds. The first kappa shape index (κ1) is 12.7. The molecule has 0 radical (unpaired) electrons. The van der Waals surface area contributed by atoms with Crippen LogP contribution in [0.3, 0.4) is 0 Å². The fourth-order valence-electron chi connectivity index (χ4n) is 1.93. The Morgan fingerprint density at radius 3 is 2.16 bits per heavy atom. The van der Waals surface area contributed by atoms with Crippen molar-refractivity contribution in [1.82, 2.24) is 0 Å². The Morgan fingerprint density at radius 2 is 1.58 bits per heavy atom. The molecule has 19 heavy (non-hydrogen) atoms. The van der Waals surface area contributed by atoms with Gasteiger partial charge in [-0.1, -0.05) is 12.1 Å². The average Bonchev–Trinajstić information content (AvgIpc) is 2.43. The number of para-hydroxylation sites is 1. The van der Waals surface area contributed by atoms with Crippen molar-refractivity contribution in [2.75, 3.05) is 0 Å². The Bertz CT molecular complexity index is 682. The molecule has 0 saturated carbocycles. The Morgan fingerprint density at radius 1 is 0.947 bits per heavy atom. The van der Waals surface area contributed by atoms with Crippen molar-refractivity contribution < 1.29 is 4.74 Å². The summed E-state index contributed by atoms with van der Waals surface area (Å²) in [6, 6.07) is 14.9. The van der Waals surface area contributed by atoms with Gasteiger partial charge in [0.05, 0.1) is 17.2 Å². The molecule has 0 atom stereocenters. The molecule has 2 aromatic carbocycles. The Balaban J connectivity index is 2.45. The summed E-state index contributed by atoms with van der Waals surface area (Å²) in [4.78, 5) is 0. The van der Waals surface area contributed by atoms with Gasteiger partial charge in [0.25, 0.3) is 0 Å². The van der Waals surface area contributed by atoms with Crippen molar-refractivity contribution in [1.29, 1.82) is 10.5 Å². The summed E-state index contributed by atoms with van der Waals surface area (Å²) in [5.41, 5.74) is 2.86. The van der Waals surface area contributed by atoms with Gasteiger partial charge in [-0.25, -0.2) is 0 Å². The molecule has 0 aromatic heterocycles. The molecular formula is C16H12N2O. The lowest BCUT2D eigenvalue weighted by Crippen LogP contribution is -1.94. The van der Waals surface area contributed by atoms with E-state index in [-0.39, 0.29) is 0 Å². The van der Waals surface area contributed by atoms with Crippen molar-refractivity contribution in [3.05, 3.63) is 58.7 Å². The monoisotopic (exact) mass is 248 g/mol. The Hall–Kier alpha value is -2.78. The van der Waals surface area contributed by atoms with Crippen LogP contribution in [0.15, 0.2) is 36.4 Å². The topological polar surface area (TPSA) is 56.8 Å². The summed E-state index contributed by atoms with van der Waals surface area (Å²) in [6.45, 7) is 3.77. The molecule has 92 valence electrons. The van der Waals surface area contributed by atoms with E-state index >= 15 is 0 Å². The lowest BCUT2D eigenvalue weighted by molar-refractivity contribution is 0.473. The van der Waals surface area contributed by atoms with Gasteiger partial charge < -0.3 is 4.74 Å². The maximum atomic E-state index is 9.04. The lowest BCUT2D eigenvalue weighted by Gasteiger charge is -2.13. The summed E-state index contributed by atoms with van der Waals surface area (Å²) in [5.74, 6) is 1.22. The van der Waals surface area contributed by atoms with Crippen LogP contribution in [-0.4, -0.2) is 0 Å². The zero-order valence-electron chi connectivity index (χ0n) is 10.8. The van der Waals surface area contributed by atoms with E-state index in [1.54, 1.807) is 30.3 Å². The van der Waals surface area contributed by atoms with Gasteiger partial charge >= 0.3 is 0 Å². The predicted octanol–water partition coefficient (Wildman–Crippen LogP) is 3.84. The molecular weight excluding hydrogens is 236 g/mol. The van der Waals surface area contributed by atoms with Gasteiger partial charge in [-0.3, -0.25) is 0 Å². The number of nitriles is 2. The van der Waals surface area contributed by atoms with Crippen LogP contribution in [0.1, 0.15) is 22.3 Å². The molecule has 0 aliphatic heterocycles. The molecule has 0 heterocycles. The first-order valence-electron chi connectivity index (χ1n) is 5.84. The van der Waals surface area contributed by atoms with E-state index in [1.165, 1.54) is 0 Å². The van der Waals surface area contributed by atoms with Crippen LogP contribution in [0, 0.1) is 36.5 Å². The molecule has 0 spiro atoms. The highest BCUT2D eigenvalue weighted by molar-refractivity contribution is 5.51. The van der Waals surface area contributed by atoms with Crippen molar-refractivity contribution in [2.45, 2.75) is 13.8 Å². The molecule has 0 N–H and O–H groups in total. The Kier molecular flexibility index (Phi) is 3.50. The van der Waals surface area contributed by atoms with E-state index in [4.69, 9.17) is 15.3 Å². The molecule has 0 unspecified atom stereocenters. The summed E-state index contributed by atoms with van der Waals surface area (Å²) >= 11 is 0. The predicted molar refractivity (Wildman–Crippen MR) is 71.9 cm³/mol. The molecule has 3 heteroatoms. The number of nitrogens with zero attached hydrogens (tertiary/aromatic N) is 2. The highest BCUT2D eigenvalue weighted by Gasteiger charge is 2.10. The largest absolute Gasteiger partial charge is 0.455 e. The Labute approximate surface area is 112 Å². The van der Waals surface area contributed by atoms with Crippen molar-refractivity contribution in [3.63, 3.8) is 0 Å². The fraction of sp³-hybridized carbons (Fsp3) is 0.125. The zero-order chi connectivity index (χ0) is 13.8. The molecule has 2 aromatic rings. The number of hydrogen-bond acceptors (Lipinski definition) is 3. The number of hydrogen-bond donors (Lipinski definition) is 0. The molecule has 3 nitrogen and oxygen atoms in total. The molecule has 2 rings (SSSR count). The van der Waals surface area contributed by atoms with Gasteiger partial charge in [-0.2, -0.15) is 10.5 Å². The molecule has 0 aliphatic carbocycles. The molecule has 0 saturated heterocycles. The van der Waals surface area contributed by atoms with Crippen molar-refractivity contribution in [3.8, 4) is 23.6 Å². The number of benzene rings is 2. The smallest absolute Gasteiger partial charge is 0.145 e. The third-order valence-electron chi connectivity index (χ3n) is 2.81. The van der Waals surface area contributed by atoms with Gasteiger partial charge in [-0.05, 0) is 49.2 Å². The molecule has 0 aliphatic rings. The van der Waals surface area contributed by atoms with E-state index in [0.29, 0.717) is 22.6 Å². The fourth-order valence-corrected chi connectivity index (χ4v) is 1.93. The second kappa shape index (κ2) is 5.25. The maximum Gasteiger partial charge on any atom is 0.145 e. The summed E-state index contributed by atoms with van der Waals surface area (Å²) < 4.78 is 5.83. The second-order valence-electron chi connectivity index (χ2n) is 4.26. The standard InChI is InChI=1S/C16H12N2O/c1-11-7-13(9-17)8-12(2)16(11)19-15-6-4-3-5-14(15)10-18/h3-8H,1-2H3. The molecule has 0 bridgehead atoms. The first-order valence-corrected chi connectivity index (χ1v) is 5.84.